The Labute approximate surface area is 90.5 Å². The highest BCUT2D eigenvalue weighted by atomic mass is 35.5. The van der Waals surface area contributed by atoms with Crippen molar-refractivity contribution in [2.24, 2.45) is 0 Å². The molecule has 0 spiro atoms. The lowest BCUT2D eigenvalue weighted by atomic mass is 10.1. The van der Waals surface area contributed by atoms with Gasteiger partial charge in [-0.1, -0.05) is 23.7 Å². The van der Waals surface area contributed by atoms with Crippen LogP contribution >= 0.6 is 11.6 Å². The van der Waals surface area contributed by atoms with Gasteiger partial charge in [-0.3, -0.25) is 0 Å². The van der Waals surface area contributed by atoms with Crippen LogP contribution in [-0.4, -0.2) is 17.4 Å². The number of halogens is 4. The summed E-state index contributed by atoms with van der Waals surface area (Å²) >= 11 is 5.61. The molecular formula is C10H10ClF3O. The summed E-state index contributed by atoms with van der Waals surface area (Å²) in [4.78, 5) is 0. The SMILES string of the molecule is OC(Cc1ccc(Cl)cc1)CC(F)(F)F. The van der Waals surface area contributed by atoms with Crippen LogP contribution in [0.2, 0.25) is 5.02 Å². The Morgan fingerprint density at radius 2 is 1.73 bits per heavy atom. The molecule has 0 saturated heterocycles. The molecule has 1 rings (SSSR count). The van der Waals surface area contributed by atoms with Crippen LogP contribution in [0.5, 0.6) is 0 Å². The maximum atomic E-state index is 11.9. The number of hydrogen-bond donors (Lipinski definition) is 1. The second-order valence-electron chi connectivity index (χ2n) is 3.30. The molecule has 5 heteroatoms. The van der Waals surface area contributed by atoms with Gasteiger partial charge in [-0.15, -0.1) is 0 Å². The van der Waals surface area contributed by atoms with E-state index in [0.29, 0.717) is 10.6 Å². The van der Waals surface area contributed by atoms with E-state index < -0.39 is 18.7 Å². The molecule has 1 aromatic carbocycles. The van der Waals surface area contributed by atoms with Crippen LogP contribution in [0, 0.1) is 0 Å². The van der Waals surface area contributed by atoms with E-state index >= 15 is 0 Å². The average Bonchev–Trinajstić information content (AvgIpc) is 2.05. The predicted molar refractivity (Wildman–Crippen MR) is 51.8 cm³/mol. The second kappa shape index (κ2) is 4.86. The van der Waals surface area contributed by atoms with Crippen LogP contribution in [-0.2, 0) is 6.42 Å². The predicted octanol–water partition coefficient (Wildman–Crippen LogP) is 3.20. The zero-order chi connectivity index (χ0) is 11.5. The topological polar surface area (TPSA) is 20.2 Å². The number of alkyl halides is 3. The van der Waals surface area contributed by atoms with Gasteiger partial charge in [0.2, 0.25) is 0 Å². The van der Waals surface area contributed by atoms with Gasteiger partial charge in [0.05, 0.1) is 12.5 Å². The first-order chi connectivity index (χ1) is 6.87. The molecule has 0 fully saturated rings. The smallest absolute Gasteiger partial charge is 0.391 e. The van der Waals surface area contributed by atoms with E-state index in [1.165, 1.54) is 0 Å². The number of benzene rings is 1. The first kappa shape index (κ1) is 12.3. The minimum Gasteiger partial charge on any atom is -0.392 e. The summed E-state index contributed by atoms with van der Waals surface area (Å²) in [5.74, 6) is 0. The normalized spacial score (nSPS) is 13.9. The summed E-state index contributed by atoms with van der Waals surface area (Å²) in [5, 5.41) is 9.67. The van der Waals surface area contributed by atoms with Crippen LogP contribution in [0.25, 0.3) is 0 Å². The third kappa shape index (κ3) is 5.04. The molecule has 1 aromatic rings. The molecule has 0 aliphatic carbocycles. The van der Waals surface area contributed by atoms with Gasteiger partial charge >= 0.3 is 6.18 Å². The Balaban J connectivity index is 2.51. The van der Waals surface area contributed by atoms with Crippen molar-refractivity contribution in [3.05, 3.63) is 34.9 Å². The summed E-state index contributed by atoms with van der Waals surface area (Å²) in [6.45, 7) is 0. The van der Waals surface area contributed by atoms with E-state index in [1.54, 1.807) is 24.3 Å². The molecule has 0 saturated carbocycles. The number of aliphatic hydroxyl groups is 1. The highest BCUT2D eigenvalue weighted by molar-refractivity contribution is 6.30. The zero-order valence-corrected chi connectivity index (χ0v) is 8.52. The monoisotopic (exact) mass is 238 g/mol. The maximum Gasteiger partial charge on any atom is 0.391 e. The van der Waals surface area contributed by atoms with Crippen LogP contribution in [0.1, 0.15) is 12.0 Å². The first-order valence-electron chi connectivity index (χ1n) is 4.36. The van der Waals surface area contributed by atoms with Crippen LogP contribution in [0.15, 0.2) is 24.3 Å². The van der Waals surface area contributed by atoms with Gasteiger partial charge in [-0.2, -0.15) is 13.2 Å². The lowest BCUT2D eigenvalue weighted by Crippen LogP contribution is -2.21. The average molecular weight is 239 g/mol. The van der Waals surface area contributed by atoms with Crippen molar-refractivity contribution >= 4 is 11.6 Å². The number of aliphatic hydroxyl groups excluding tert-OH is 1. The molecule has 1 unspecified atom stereocenters. The minimum atomic E-state index is -4.33. The van der Waals surface area contributed by atoms with Gasteiger partial charge in [-0.25, -0.2) is 0 Å². The Hall–Kier alpha value is -0.740. The molecule has 1 nitrogen and oxygen atoms in total. The molecule has 0 radical (unpaired) electrons. The Morgan fingerprint density at radius 3 is 2.20 bits per heavy atom. The quantitative estimate of drug-likeness (QED) is 0.858. The molecule has 1 atom stereocenters. The highest BCUT2D eigenvalue weighted by Gasteiger charge is 2.30. The van der Waals surface area contributed by atoms with E-state index in [2.05, 4.69) is 0 Å². The third-order valence-corrected chi connectivity index (χ3v) is 2.10. The van der Waals surface area contributed by atoms with Crippen molar-refractivity contribution < 1.29 is 18.3 Å². The van der Waals surface area contributed by atoms with Crippen molar-refractivity contribution in [2.75, 3.05) is 0 Å². The molecule has 0 amide bonds. The fourth-order valence-electron chi connectivity index (χ4n) is 1.23. The van der Waals surface area contributed by atoms with Gasteiger partial charge in [0.1, 0.15) is 0 Å². The van der Waals surface area contributed by atoms with E-state index in [-0.39, 0.29) is 6.42 Å². The van der Waals surface area contributed by atoms with E-state index in [9.17, 15) is 13.2 Å². The highest BCUT2D eigenvalue weighted by Crippen LogP contribution is 2.23. The number of hydrogen-bond acceptors (Lipinski definition) is 1. The van der Waals surface area contributed by atoms with Gasteiger partial charge in [0.15, 0.2) is 0 Å². The largest absolute Gasteiger partial charge is 0.392 e. The molecule has 0 aliphatic heterocycles. The lowest BCUT2D eigenvalue weighted by Gasteiger charge is -2.12. The van der Waals surface area contributed by atoms with Gasteiger partial charge in [0, 0.05) is 5.02 Å². The third-order valence-electron chi connectivity index (χ3n) is 1.85. The summed E-state index contributed by atoms with van der Waals surface area (Å²) in [6, 6.07) is 6.36. The van der Waals surface area contributed by atoms with Crippen molar-refractivity contribution in [3.8, 4) is 0 Å². The Kier molecular flexibility index (Phi) is 3.99. The van der Waals surface area contributed by atoms with Crippen molar-refractivity contribution in [1.29, 1.82) is 0 Å². The van der Waals surface area contributed by atoms with Crippen molar-refractivity contribution in [3.63, 3.8) is 0 Å². The van der Waals surface area contributed by atoms with E-state index in [1.807, 2.05) is 0 Å². The Morgan fingerprint density at radius 1 is 1.20 bits per heavy atom. The molecule has 1 N–H and O–H groups in total. The van der Waals surface area contributed by atoms with E-state index in [4.69, 9.17) is 16.7 Å². The second-order valence-corrected chi connectivity index (χ2v) is 3.74. The fourth-order valence-corrected chi connectivity index (χ4v) is 1.36. The Bertz CT molecular complexity index is 307. The maximum absolute atomic E-state index is 11.9. The van der Waals surface area contributed by atoms with E-state index in [0.717, 1.165) is 0 Å². The molecular weight excluding hydrogens is 229 g/mol. The summed E-state index contributed by atoms with van der Waals surface area (Å²) in [6.07, 6.45) is -6.93. The summed E-state index contributed by atoms with van der Waals surface area (Å²) in [5.41, 5.74) is 0.635. The molecule has 0 aromatic heterocycles. The van der Waals surface area contributed by atoms with Gasteiger partial charge < -0.3 is 5.11 Å². The first-order valence-corrected chi connectivity index (χ1v) is 4.74. The van der Waals surface area contributed by atoms with Crippen molar-refractivity contribution in [1.82, 2.24) is 0 Å². The van der Waals surface area contributed by atoms with Crippen LogP contribution in [0.4, 0.5) is 13.2 Å². The molecule has 0 aliphatic rings. The van der Waals surface area contributed by atoms with Crippen LogP contribution in [0.3, 0.4) is 0 Å². The van der Waals surface area contributed by atoms with Gasteiger partial charge in [0.25, 0.3) is 0 Å². The molecule has 0 heterocycles. The van der Waals surface area contributed by atoms with Crippen LogP contribution < -0.4 is 0 Å². The summed E-state index contributed by atoms with van der Waals surface area (Å²) < 4.78 is 35.7. The fraction of sp³-hybridized carbons (Fsp3) is 0.400. The molecule has 15 heavy (non-hydrogen) atoms. The molecule has 84 valence electrons. The van der Waals surface area contributed by atoms with Crippen molar-refractivity contribution in [2.45, 2.75) is 25.1 Å². The number of rotatable bonds is 3. The minimum absolute atomic E-state index is 0.0172. The molecule has 0 bridgehead atoms. The zero-order valence-electron chi connectivity index (χ0n) is 7.76. The summed E-state index contributed by atoms with van der Waals surface area (Å²) in [7, 11) is 0. The standard InChI is InChI=1S/C10H10ClF3O/c11-8-3-1-7(2-4-8)5-9(15)6-10(12,13)14/h1-4,9,15H,5-6H2. The van der Waals surface area contributed by atoms with Gasteiger partial charge in [-0.05, 0) is 24.1 Å². The lowest BCUT2D eigenvalue weighted by molar-refractivity contribution is -0.153.